The molecule has 0 aromatic heterocycles. The first kappa shape index (κ1) is 12.4. The second-order valence-electron chi connectivity index (χ2n) is 4.43. The van der Waals surface area contributed by atoms with Gasteiger partial charge in [-0.1, -0.05) is 24.3 Å². The first-order valence-electron chi connectivity index (χ1n) is 5.23. The number of carbonyl (C=O) groups is 2. The van der Waals surface area contributed by atoms with Gasteiger partial charge in [-0.05, 0) is 31.4 Å². The Kier molecular flexibility index (Phi) is 3.82. The van der Waals surface area contributed by atoms with Crippen LogP contribution in [0.15, 0.2) is 24.3 Å². The van der Waals surface area contributed by atoms with Crippen LogP contribution in [-0.4, -0.2) is 17.4 Å². The standard InChI is InChI=1S/C13H16O3/c1-13(2,9-14)11-5-3-4-10(8-11)6-7-12(15)16/h3-5,8-9H,6-7H2,1-2H3,(H,15,16). The summed E-state index contributed by atoms with van der Waals surface area (Å²) < 4.78 is 0. The Balaban J connectivity index is 2.87. The molecule has 0 amide bonds. The first-order valence-corrected chi connectivity index (χ1v) is 5.23. The van der Waals surface area contributed by atoms with Gasteiger partial charge in [-0.25, -0.2) is 0 Å². The zero-order chi connectivity index (χ0) is 12.2. The molecule has 0 bridgehead atoms. The summed E-state index contributed by atoms with van der Waals surface area (Å²) in [4.78, 5) is 21.4. The molecule has 0 aliphatic rings. The molecule has 0 saturated heterocycles. The van der Waals surface area contributed by atoms with Gasteiger partial charge in [-0.15, -0.1) is 0 Å². The third kappa shape index (κ3) is 3.19. The zero-order valence-corrected chi connectivity index (χ0v) is 9.56. The van der Waals surface area contributed by atoms with Gasteiger partial charge in [0, 0.05) is 11.8 Å². The molecule has 1 aromatic rings. The van der Waals surface area contributed by atoms with Crippen LogP contribution >= 0.6 is 0 Å². The van der Waals surface area contributed by atoms with Gasteiger partial charge in [0.05, 0.1) is 0 Å². The van der Waals surface area contributed by atoms with Crippen LogP contribution in [0.25, 0.3) is 0 Å². The van der Waals surface area contributed by atoms with Crippen LogP contribution in [0.5, 0.6) is 0 Å². The number of aldehydes is 1. The number of carboxylic acids is 1. The van der Waals surface area contributed by atoms with Gasteiger partial charge < -0.3 is 9.90 Å². The zero-order valence-electron chi connectivity index (χ0n) is 9.56. The second-order valence-corrected chi connectivity index (χ2v) is 4.43. The number of aliphatic carboxylic acids is 1. The lowest BCUT2D eigenvalue weighted by Gasteiger charge is -2.18. The summed E-state index contributed by atoms with van der Waals surface area (Å²) in [5.41, 5.74) is 1.36. The summed E-state index contributed by atoms with van der Waals surface area (Å²) in [6.45, 7) is 3.69. The number of carbonyl (C=O) groups excluding carboxylic acids is 1. The highest BCUT2D eigenvalue weighted by Gasteiger charge is 2.19. The quantitative estimate of drug-likeness (QED) is 0.774. The molecule has 3 nitrogen and oxygen atoms in total. The molecular formula is C13H16O3. The Hall–Kier alpha value is -1.64. The van der Waals surface area contributed by atoms with Crippen LogP contribution in [0.1, 0.15) is 31.4 Å². The van der Waals surface area contributed by atoms with Gasteiger partial charge in [0.1, 0.15) is 6.29 Å². The monoisotopic (exact) mass is 220 g/mol. The third-order valence-corrected chi connectivity index (χ3v) is 2.59. The highest BCUT2D eigenvalue weighted by molar-refractivity contribution is 5.68. The van der Waals surface area contributed by atoms with Crippen molar-refractivity contribution >= 4 is 12.3 Å². The maximum Gasteiger partial charge on any atom is 0.303 e. The predicted octanol–water partition coefficient (Wildman–Crippen LogP) is 2.18. The minimum atomic E-state index is -0.806. The molecule has 0 unspecified atom stereocenters. The van der Waals surface area contributed by atoms with Crippen molar-refractivity contribution in [2.24, 2.45) is 0 Å². The lowest BCUT2D eigenvalue weighted by atomic mass is 9.85. The maximum absolute atomic E-state index is 10.9. The van der Waals surface area contributed by atoms with E-state index in [1.165, 1.54) is 0 Å². The first-order chi connectivity index (χ1) is 7.45. The van der Waals surface area contributed by atoms with Crippen molar-refractivity contribution in [3.05, 3.63) is 35.4 Å². The Bertz CT molecular complexity index is 394. The predicted molar refractivity (Wildman–Crippen MR) is 61.5 cm³/mol. The van der Waals surface area contributed by atoms with E-state index in [0.717, 1.165) is 17.4 Å². The van der Waals surface area contributed by atoms with Crippen LogP contribution in [-0.2, 0) is 21.4 Å². The minimum absolute atomic E-state index is 0.116. The summed E-state index contributed by atoms with van der Waals surface area (Å²) in [7, 11) is 0. The van der Waals surface area contributed by atoms with Crippen LogP contribution in [0, 0.1) is 0 Å². The second kappa shape index (κ2) is 4.92. The molecule has 0 aliphatic carbocycles. The van der Waals surface area contributed by atoms with E-state index < -0.39 is 11.4 Å². The molecule has 0 atom stereocenters. The number of aryl methyl sites for hydroxylation is 1. The van der Waals surface area contributed by atoms with E-state index in [9.17, 15) is 9.59 Å². The number of benzene rings is 1. The number of hydrogen-bond donors (Lipinski definition) is 1. The fourth-order valence-electron chi connectivity index (χ4n) is 1.45. The summed E-state index contributed by atoms with van der Waals surface area (Å²) in [6.07, 6.45) is 1.52. The summed E-state index contributed by atoms with van der Waals surface area (Å²) >= 11 is 0. The van der Waals surface area contributed by atoms with Crippen molar-refractivity contribution in [1.29, 1.82) is 0 Å². The molecule has 0 heterocycles. The van der Waals surface area contributed by atoms with Gasteiger partial charge >= 0.3 is 5.97 Å². The Labute approximate surface area is 95.1 Å². The molecule has 1 aromatic carbocycles. The Morgan fingerprint density at radius 2 is 2.12 bits per heavy atom. The van der Waals surface area contributed by atoms with Gasteiger partial charge in [-0.3, -0.25) is 4.79 Å². The summed E-state index contributed by atoms with van der Waals surface area (Å²) in [6, 6.07) is 7.53. The molecule has 0 spiro atoms. The normalized spacial score (nSPS) is 11.1. The number of carboxylic acid groups (broad SMARTS) is 1. The van der Waals surface area contributed by atoms with E-state index >= 15 is 0 Å². The molecule has 0 aliphatic heterocycles. The molecule has 1 rings (SSSR count). The van der Waals surface area contributed by atoms with Crippen molar-refractivity contribution in [3.63, 3.8) is 0 Å². The molecule has 0 radical (unpaired) electrons. The molecule has 16 heavy (non-hydrogen) atoms. The lowest BCUT2D eigenvalue weighted by molar-refractivity contribution is -0.137. The fraction of sp³-hybridized carbons (Fsp3) is 0.385. The third-order valence-electron chi connectivity index (χ3n) is 2.59. The number of rotatable bonds is 5. The van der Waals surface area contributed by atoms with E-state index in [1.54, 1.807) is 0 Å². The summed E-state index contributed by atoms with van der Waals surface area (Å²) in [5.74, 6) is -0.806. The van der Waals surface area contributed by atoms with Crippen LogP contribution < -0.4 is 0 Å². The van der Waals surface area contributed by atoms with Gasteiger partial charge in [0.25, 0.3) is 0 Å². The van der Waals surface area contributed by atoms with Crippen molar-refractivity contribution in [3.8, 4) is 0 Å². The lowest BCUT2D eigenvalue weighted by Crippen LogP contribution is -2.18. The highest BCUT2D eigenvalue weighted by Crippen LogP contribution is 2.21. The molecule has 86 valence electrons. The average Bonchev–Trinajstić information content (AvgIpc) is 2.27. The SMILES string of the molecule is CC(C)(C=O)c1cccc(CCC(=O)O)c1. The van der Waals surface area contributed by atoms with E-state index in [-0.39, 0.29) is 6.42 Å². The fourth-order valence-corrected chi connectivity index (χ4v) is 1.45. The Morgan fingerprint density at radius 1 is 1.44 bits per heavy atom. The average molecular weight is 220 g/mol. The summed E-state index contributed by atoms with van der Waals surface area (Å²) in [5, 5.41) is 8.59. The topological polar surface area (TPSA) is 54.4 Å². The highest BCUT2D eigenvalue weighted by atomic mass is 16.4. The van der Waals surface area contributed by atoms with Crippen LogP contribution in [0.4, 0.5) is 0 Å². The number of hydrogen-bond acceptors (Lipinski definition) is 2. The Morgan fingerprint density at radius 3 is 2.69 bits per heavy atom. The molecule has 0 fully saturated rings. The molecular weight excluding hydrogens is 204 g/mol. The van der Waals surface area contributed by atoms with E-state index in [2.05, 4.69) is 0 Å². The smallest absolute Gasteiger partial charge is 0.303 e. The van der Waals surface area contributed by atoms with Crippen LogP contribution in [0.3, 0.4) is 0 Å². The van der Waals surface area contributed by atoms with Gasteiger partial charge in [0.15, 0.2) is 0 Å². The van der Waals surface area contributed by atoms with E-state index in [0.29, 0.717) is 6.42 Å². The van der Waals surface area contributed by atoms with E-state index in [4.69, 9.17) is 5.11 Å². The van der Waals surface area contributed by atoms with Gasteiger partial charge in [0.2, 0.25) is 0 Å². The molecule has 3 heteroatoms. The molecule has 0 saturated carbocycles. The van der Waals surface area contributed by atoms with Crippen molar-refractivity contribution in [1.82, 2.24) is 0 Å². The largest absolute Gasteiger partial charge is 0.481 e. The molecule has 1 N–H and O–H groups in total. The van der Waals surface area contributed by atoms with Crippen molar-refractivity contribution in [2.45, 2.75) is 32.1 Å². The maximum atomic E-state index is 10.9. The minimum Gasteiger partial charge on any atom is -0.481 e. The van der Waals surface area contributed by atoms with E-state index in [1.807, 2.05) is 38.1 Å². The van der Waals surface area contributed by atoms with Gasteiger partial charge in [-0.2, -0.15) is 0 Å². The van der Waals surface area contributed by atoms with Crippen molar-refractivity contribution < 1.29 is 14.7 Å². The van der Waals surface area contributed by atoms with Crippen molar-refractivity contribution in [2.75, 3.05) is 0 Å². The van der Waals surface area contributed by atoms with Crippen LogP contribution in [0.2, 0.25) is 0 Å².